The van der Waals surface area contributed by atoms with Gasteiger partial charge in [0.1, 0.15) is 5.82 Å². The molecule has 1 aromatic rings. The molecule has 1 heterocycles. The molecule has 1 saturated carbocycles. The highest BCUT2D eigenvalue weighted by Crippen LogP contribution is 2.23. The SMILES string of the molecule is CCNC(=NCC(c1ccc(F)cc1)N1CCOCC1)NCCC(=O)NC1CCCCC1. The lowest BCUT2D eigenvalue weighted by Gasteiger charge is -2.34. The van der Waals surface area contributed by atoms with Crippen LogP contribution >= 0.6 is 0 Å². The third-order valence-corrected chi connectivity index (χ3v) is 6.12. The second-order valence-corrected chi connectivity index (χ2v) is 8.51. The molecule has 8 heteroatoms. The van der Waals surface area contributed by atoms with Gasteiger partial charge in [-0.1, -0.05) is 31.4 Å². The number of carbonyl (C=O) groups is 1. The number of guanidine groups is 1. The van der Waals surface area contributed by atoms with Crippen LogP contribution in [0.1, 0.15) is 57.1 Å². The van der Waals surface area contributed by atoms with E-state index < -0.39 is 0 Å². The maximum absolute atomic E-state index is 13.4. The number of ether oxygens (including phenoxy) is 1. The van der Waals surface area contributed by atoms with Gasteiger partial charge in [0.25, 0.3) is 0 Å². The van der Waals surface area contributed by atoms with E-state index in [4.69, 9.17) is 9.73 Å². The molecule has 2 aliphatic rings. The van der Waals surface area contributed by atoms with Crippen molar-refractivity contribution in [2.24, 2.45) is 4.99 Å². The Balaban J connectivity index is 1.55. The molecular formula is C24H38FN5O2. The van der Waals surface area contributed by atoms with Crippen molar-refractivity contribution in [2.45, 2.75) is 57.5 Å². The van der Waals surface area contributed by atoms with Crippen LogP contribution in [0.3, 0.4) is 0 Å². The monoisotopic (exact) mass is 447 g/mol. The number of rotatable bonds is 9. The van der Waals surface area contributed by atoms with E-state index in [0.29, 0.717) is 44.7 Å². The van der Waals surface area contributed by atoms with Gasteiger partial charge in [-0.05, 0) is 37.5 Å². The molecule has 1 atom stereocenters. The largest absolute Gasteiger partial charge is 0.379 e. The average Bonchev–Trinajstić information content (AvgIpc) is 2.81. The second-order valence-electron chi connectivity index (χ2n) is 8.51. The fourth-order valence-corrected chi connectivity index (χ4v) is 4.37. The van der Waals surface area contributed by atoms with Crippen molar-refractivity contribution in [3.8, 4) is 0 Å². The van der Waals surface area contributed by atoms with Crippen molar-refractivity contribution in [3.63, 3.8) is 0 Å². The van der Waals surface area contributed by atoms with E-state index in [1.54, 1.807) is 0 Å². The van der Waals surface area contributed by atoms with Crippen LogP contribution in [0.2, 0.25) is 0 Å². The molecule has 1 aliphatic heterocycles. The molecule has 2 fully saturated rings. The Labute approximate surface area is 191 Å². The smallest absolute Gasteiger partial charge is 0.221 e. The van der Waals surface area contributed by atoms with Crippen molar-refractivity contribution in [1.29, 1.82) is 0 Å². The van der Waals surface area contributed by atoms with Crippen molar-refractivity contribution in [3.05, 3.63) is 35.6 Å². The van der Waals surface area contributed by atoms with Gasteiger partial charge in [0.2, 0.25) is 5.91 Å². The van der Waals surface area contributed by atoms with Gasteiger partial charge in [-0.15, -0.1) is 0 Å². The number of benzene rings is 1. The first kappa shape index (κ1) is 24.5. The Bertz CT molecular complexity index is 716. The zero-order valence-corrected chi connectivity index (χ0v) is 19.2. The summed E-state index contributed by atoms with van der Waals surface area (Å²) in [6.45, 7) is 6.85. The van der Waals surface area contributed by atoms with Crippen LogP contribution in [0, 0.1) is 5.82 Å². The number of hydrogen-bond donors (Lipinski definition) is 3. The minimum absolute atomic E-state index is 0.0459. The minimum atomic E-state index is -0.237. The highest BCUT2D eigenvalue weighted by molar-refractivity contribution is 5.81. The Morgan fingerprint density at radius 2 is 1.88 bits per heavy atom. The molecule has 178 valence electrons. The highest BCUT2D eigenvalue weighted by Gasteiger charge is 2.23. The summed E-state index contributed by atoms with van der Waals surface area (Å²) >= 11 is 0. The van der Waals surface area contributed by atoms with E-state index in [1.165, 1.54) is 31.4 Å². The lowest BCUT2D eigenvalue weighted by molar-refractivity contribution is -0.121. The number of carbonyl (C=O) groups excluding carboxylic acids is 1. The molecular weight excluding hydrogens is 409 g/mol. The second kappa shape index (κ2) is 13.4. The molecule has 1 saturated heterocycles. The van der Waals surface area contributed by atoms with E-state index in [2.05, 4.69) is 20.9 Å². The van der Waals surface area contributed by atoms with Crippen LogP contribution in [0.25, 0.3) is 0 Å². The van der Waals surface area contributed by atoms with Crippen LogP contribution in [0.15, 0.2) is 29.3 Å². The molecule has 3 rings (SSSR count). The standard InChI is InChI=1S/C24H38FN5O2/c1-2-26-24(27-13-12-23(31)29-21-6-4-3-5-7-21)28-18-22(30-14-16-32-17-15-30)19-8-10-20(25)11-9-19/h8-11,21-22H,2-7,12-18H2,1H3,(H,29,31)(H2,26,27,28). The molecule has 7 nitrogen and oxygen atoms in total. The molecule has 3 N–H and O–H groups in total. The normalized spacial score (nSPS) is 19.4. The number of nitrogens with zero attached hydrogens (tertiary/aromatic N) is 2. The van der Waals surface area contributed by atoms with E-state index in [9.17, 15) is 9.18 Å². The number of amides is 1. The summed E-state index contributed by atoms with van der Waals surface area (Å²) < 4.78 is 18.9. The summed E-state index contributed by atoms with van der Waals surface area (Å²) in [5.41, 5.74) is 1.04. The van der Waals surface area contributed by atoms with Gasteiger partial charge < -0.3 is 20.7 Å². The Hall–Kier alpha value is -2.19. The Kier molecular flexibility index (Phi) is 10.2. The molecule has 1 aromatic carbocycles. The molecule has 1 aliphatic carbocycles. The van der Waals surface area contributed by atoms with Crippen LogP contribution in [0.4, 0.5) is 4.39 Å². The quantitative estimate of drug-likeness (QED) is 0.401. The van der Waals surface area contributed by atoms with Crippen LogP contribution in [-0.2, 0) is 9.53 Å². The topological polar surface area (TPSA) is 78.0 Å². The zero-order valence-electron chi connectivity index (χ0n) is 19.2. The predicted molar refractivity (Wildman–Crippen MR) is 125 cm³/mol. The number of morpholine rings is 1. The molecule has 32 heavy (non-hydrogen) atoms. The fraction of sp³-hybridized carbons (Fsp3) is 0.667. The minimum Gasteiger partial charge on any atom is -0.379 e. The summed E-state index contributed by atoms with van der Waals surface area (Å²) in [4.78, 5) is 19.4. The summed E-state index contributed by atoms with van der Waals surface area (Å²) in [5, 5.41) is 9.70. The molecule has 1 unspecified atom stereocenters. The van der Waals surface area contributed by atoms with Crippen molar-refractivity contribution in [1.82, 2.24) is 20.9 Å². The van der Waals surface area contributed by atoms with Crippen LogP contribution in [0.5, 0.6) is 0 Å². The van der Waals surface area contributed by atoms with E-state index >= 15 is 0 Å². The van der Waals surface area contributed by atoms with Gasteiger partial charge in [0.15, 0.2) is 5.96 Å². The molecule has 0 spiro atoms. The Morgan fingerprint density at radius 1 is 1.16 bits per heavy atom. The lowest BCUT2D eigenvalue weighted by Crippen LogP contribution is -2.43. The Morgan fingerprint density at radius 3 is 2.56 bits per heavy atom. The highest BCUT2D eigenvalue weighted by atomic mass is 19.1. The number of halogens is 1. The zero-order chi connectivity index (χ0) is 22.6. The molecule has 0 bridgehead atoms. The summed E-state index contributed by atoms with van der Waals surface area (Å²) in [6.07, 6.45) is 6.30. The third kappa shape index (κ3) is 8.06. The predicted octanol–water partition coefficient (Wildman–Crippen LogP) is 2.59. The molecule has 1 amide bonds. The maximum atomic E-state index is 13.4. The van der Waals surface area contributed by atoms with Gasteiger partial charge in [-0.25, -0.2) is 4.39 Å². The number of hydrogen-bond acceptors (Lipinski definition) is 4. The van der Waals surface area contributed by atoms with Crippen molar-refractivity contribution in [2.75, 3.05) is 45.9 Å². The molecule has 0 aromatic heterocycles. The maximum Gasteiger partial charge on any atom is 0.221 e. The first-order valence-electron chi connectivity index (χ1n) is 12.0. The third-order valence-electron chi connectivity index (χ3n) is 6.12. The van der Waals surface area contributed by atoms with Crippen LogP contribution < -0.4 is 16.0 Å². The van der Waals surface area contributed by atoms with Gasteiger partial charge in [-0.2, -0.15) is 0 Å². The molecule has 0 radical (unpaired) electrons. The number of aliphatic imine (C=N–C) groups is 1. The van der Waals surface area contributed by atoms with E-state index in [0.717, 1.165) is 38.0 Å². The van der Waals surface area contributed by atoms with Gasteiger partial charge in [0, 0.05) is 38.6 Å². The summed E-state index contributed by atoms with van der Waals surface area (Å²) in [6, 6.07) is 7.05. The first-order valence-corrected chi connectivity index (χ1v) is 12.0. The van der Waals surface area contributed by atoms with Crippen molar-refractivity contribution < 1.29 is 13.9 Å². The average molecular weight is 448 g/mol. The van der Waals surface area contributed by atoms with Gasteiger partial charge in [-0.3, -0.25) is 14.7 Å². The fourth-order valence-electron chi connectivity index (χ4n) is 4.37. The van der Waals surface area contributed by atoms with Crippen molar-refractivity contribution >= 4 is 11.9 Å². The van der Waals surface area contributed by atoms with E-state index in [1.807, 2.05) is 19.1 Å². The van der Waals surface area contributed by atoms with Crippen LogP contribution in [-0.4, -0.2) is 68.7 Å². The summed E-state index contributed by atoms with van der Waals surface area (Å²) in [7, 11) is 0. The first-order chi connectivity index (χ1) is 15.7. The van der Waals surface area contributed by atoms with E-state index in [-0.39, 0.29) is 17.8 Å². The van der Waals surface area contributed by atoms with Gasteiger partial charge in [0.05, 0.1) is 25.8 Å². The lowest BCUT2D eigenvalue weighted by atomic mass is 9.95. The van der Waals surface area contributed by atoms with Gasteiger partial charge >= 0.3 is 0 Å². The number of nitrogens with one attached hydrogen (secondary N) is 3. The summed E-state index contributed by atoms with van der Waals surface area (Å²) in [5.74, 6) is 0.551.